The molecule has 0 radical (unpaired) electrons. The Hall–Kier alpha value is -0.530. The molecule has 0 heterocycles. The van der Waals surface area contributed by atoms with E-state index in [-0.39, 0.29) is 5.54 Å². The fraction of sp³-hybridized carbons (Fsp3) is 0.500. The van der Waals surface area contributed by atoms with Gasteiger partial charge in [0, 0.05) is 10.6 Å². The van der Waals surface area contributed by atoms with Crippen LogP contribution < -0.4 is 5.73 Å². The Kier molecular flexibility index (Phi) is 3.23. The quantitative estimate of drug-likeness (QED) is 0.799. The van der Waals surface area contributed by atoms with Crippen molar-refractivity contribution in [1.82, 2.24) is 0 Å². The van der Waals surface area contributed by atoms with Gasteiger partial charge in [-0.3, -0.25) is 0 Å². The minimum Gasteiger partial charge on any atom is -0.325 e. The fourth-order valence-corrected chi connectivity index (χ4v) is 1.85. The number of rotatable bonds is 2. The molecule has 14 heavy (non-hydrogen) atoms. The van der Waals surface area contributed by atoms with Crippen molar-refractivity contribution in [3.05, 3.63) is 33.8 Å². The van der Waals surface area contributed by atoms with Crippen LogP contribution in [0.25, 0.3) is 0 Å². The van der Waals surface area contributed by atoms with Crippen LogP contribution in [0, 0.1) is 13.8 Å². The van der Waals surface area contributed by atoms with E-state index in [2.05, 4.69) is 13.0 Å². The molecule has 78 valence electrons. The van der Waals surface area contributed by atoms with Crippen LogP contribution in [0.1, 0.15) is 30.5 Å². The standard InChI is InChI=1S/C12H18ClN/c1-8-5-10(7-12(3,4)14)9(2)11(13)6-8/h5-6H,7,14H2,1-4H3. The van der Waals surface area contributed by atoms with Crippen molar-refractivity contribution in [1.29, 1.82) is 0 Å². The molecule has 0 fully saturated rings. The van der Waals surface area contributed by atoms with Crippen LogP contribution in [0.5, 0.6) is 0 Å². The number of aryl methyl sites for hydroxylation is 1. The van der Waals surface area contributed by atoms with Gasteiger partial charge in [-0.15, -0.1) is 0 Å². The van der Waals surface area contributed by atoms with Crippen molar-refractivity contribution < 1.29 is 0 Å². The summed E-state index contributed by atoms with van der Waals surface area (Å²) in [5.41, 5.74) is 9.41. The lowest BCUT2D eigenvalue weighted by molar-refractivity contribution is 0.515. The van der Waals surface area contributed by atoms with Crippen LogP contribution in [-0.4, -0.2) is 5.54 Å². The van der Waals surface area contributed by atoms with Crippen LogP contribution in [-0.2, 0) is 6.42 Å². The van der Waals surface area contributed by atoms with Gasteiger partial charge in [0.05, 0.1) is 0 Å². The molecule has 0 atom stereocenters. The van der Waals surface area contributed by atoms with E-state index in [0.29, 0.717) is 0 Å². The van der Waals surface area contributed by atoms with Gasteiger partial charge >= 0.3 is 0 Å². The minimum absolute atomic E-state index is 0.179. The maximum Gasteiger partial charge on any atom is 0.0440 e. The summed E-state index contributed by atoms with van der Waals surface area (Å²) in [6, 6.07) is 4.15. The number of hydrogen-bond donors (Lipinski definition) is 1. The molecule has 0 aliphatic carbocycles. The number of nitrogens with two attached hydrogens (primary N) is 1. The zero-order valence-electron chi connectivity index (χ0n) is 9.32. The highest BCUT2D eigenvalue weighted by molar-refractivity contribution is 6.31. The van der Waals surface area contributed by atoms with E-state index in [4.69, 9.17) is 17.3 Å². The van der Waals surface area contributed by atoms with E-state index in [0.717, 1.165) is 17.0 Å². The van der Waals surface area contributed by atoms with Crippen LogP contribution in [0.3, 0.4) is 0 Å². The van der Waals surface area contributed by atoms with Gasteiger partial charge in [0.2, 0.25) is 0 Å². The predicted octanol–water partition coefficient (Wildman–Crippen LogP) is 3.24. The Bertz CT molecular complexity index is 337. The predicted molar refractivity (Wildman–Crippen MR) is 62.9 cm³/mol. The molecule has 2 N–H and O–H groups in total. The monoisotopic (exact) mass is 211 g/mol. The summed E-state index contributed by atoms with van der Waals surface area (Å²) < 4.78 is 0. The van der Waals surface area contributed by atoms with Gasteiger partial charge in [0.25, 0.3) is 0 Å². The first kappa shape index (κ1) is 11.5. The van der Waals surface area contributed by atoms with Gasteiger partial charge in [-0.2, -0.15) is 0 Å². The summed E-state index contributed by atoms with van der Waals surface area (Å²) in [4.78, 5) is 0. The van der Waals surface area contributed by atoms with Crippen molar-refractivity contribution in [2.75, 3.05) is 0 Å². The van der Waals surface area contributed by atoms with Gasteiger partial charge in [-0.25, -0.2) is 0 Å². The normalized spacial score (nSPS) is 11.9. The van der Waals surface area contributed by atoms with Crippen molar-refractivity contribution >= 4 is 11.6 Å². The Labute approximate surface area is 91.3 Å². The van der Waals surface area contributed by atoms with E-state index in [1.807, 2.05) is 26.8 Å². The summed E-state index contributed by atoms with van der Waals surface area (Å²) in [5, 5.41) is 0.837. The summed E-state index contributed by atoms with van der Waals surface area (Å²) in [6.07, 6.45) is 0.861. The topological polar surface area (TPSA) is 26.0 Å². The van der Waals surface area contributed by atoms with Gasteiger partial charge in [0.1, 0.15) is 0 Å². The van der Waals surface area contributed by atoms with E-state index in [1.165, 1.54) is 11.1 Å². The van der Waals surface area contributed by atoms with Crippen molar-refractivity contribution in [3.8, 4) is 0 Å². The van der Waals surface area contributed by atoms with Gasteiger partial charge < -0.3 is 5.73 Å². The molecule has 0 saturated heterocycles. The molecule has 1 aromatic carbocycles. The first-order valence-electron chi connectivity index (χ1n) is 4.84. The summed E-state index contributed by atoms with van der Waals surface area (Å²) in [6.45, 7) is 8.16. The third kappa shape index (κ3) is 3.00. The average Bonchev–Trinajstić information content (AvgIpc) is 1.96. The molecular formula is C12H18ClN. The molecule has 0 aliphatic rings. The van der Waals surface area contributed by atoms with Crippen LogP contribution in [0.2, 0.25) is 5.02 Å². The van der Waals surface area contributed by atoms with Crippen LogP contribution in [0.15, 0.2) is 12.1 Å². The molecule has 0 spiro atoms. The summed E-state index contributed by atoms with van der Waals surface area (Å²) in [7, 11) is 0. The van der Waals surface area contributed by atoms with E-state index in [9.17, 15) is 0 Å². The molecule has 0 bridgehead atoms. The largest absolute Gasteiger partial charge is 0.325 e. The zero-order valence-corrected chi connectivity index (χ0v) is 10.1. The molecule has 0 aromatic heterocycles. The minimum atomic E-state index is -0.179. The SMILES string of the molecule is Cc1cc(Cl)c(C)c(CC(C)(C)N)c1. The summed E-state index contributed by atoms with van der Waals surface area (Å²) >= 11 is 6.11. The Morgan fingerprint density at radius 1 is 1.29 bits per heavy atom. The Balaban J connectivity index is 3.09. The maximum absolute atomic E-state index is 6.11. The first-order valence-corrected chi connectivity index (χ1v) is 5.22. The van der Waals surface area contributed by atoms with E-state index < -0.39 is 0 Å². The second-order valence-corrected chi connectivity index (χ2v) is 5.10. The average molecular weight is 212 g/mol. The maximum atomic E-state index is 6.11. The summed E-state index contributed by atoms with van der Waals surface area (Å²) in [5.74, 6) is 0. The number of halogens is 1. The molecule has 0 unspecified atom stereocenters. The van der Waals surface area contributed by atoms with Gasteiger partial charge in [0.15, 0.2) is 0 Å². The third-order valence-corrected chi connectivity index (χ3v) is 2.63. The second-order valence-electron chi connectivity index (χ2n) is 4.70. The second kappa shape index (κ2) is 3.92. The lowest BCUT2D eigenvalue weighted by atomic mass is 9.92. The highest BCUT2D eigenvalue weighted by atomic mass is 35.5. The zero-order chi connectivity index (χ0) is 10.9. The highest BCUT2D eigenvalue weighted by Gasteiger charge is 2.14. The molecule has 1 rings (SSSR count). The van der Waals surface area contributed by atoms with E-state index in [1.54, 1.807) is 0 Å². The molecule has 1 aromatic rings. The highest BCUT2D eigenvalue weighted by Crippen LogP contribution is 2.23. The molecule has 2 heteroatoms. The van der Waals surface area contributed by atoms with Crippen molar-refractivity contribution in [3.63, 3.8) is 0 Å². The molecule has 1 nitrogen and oxygen atoms in total. The third-order valence-electron chi connectivity index (χ3n) is 2.24. The molecule has 0 aliphatic heterocycles. The Morgan fingerprint density at radius 3 is 2.36 bits per heavy atom. The Morgan fingerprint density at radius 2 is 1.86 bits per heavy atom. The van der Waals surface area contributed by atoms with Crippen LogP contribution in [0.4, 0.5) is 0 Å². The smallest absolute Gasteiger partial charge is 0.0440 e. The van der Waals surface area contributed by atoms with Gasteiger partial charge in [-0.1, -0.05) is 17.7 Å². The molecule has 0 saturated carbocycles. The first-order chi connectivity index (χ1) is 6.29. The number of benzene rings is 1. The van der Waals surface area contributed by atoms with E-state index >= 15 is 0 Å². The van der Waals surface area contributed by atoms with Crippen molar-refractivity contribution in [2.24, 2.45) is 5.73 Å². The lowest BCUT2D eigenvalue weighted by Gasteiger charge is -2.20. The van der Waals surface area contributed by atoms with Gasteiger partial charge in [-0.05, 0) is 56.9 Å². The molecular weight excluding hydrogens is 194 g/mol. The fourth-order valence-electron chi connectivity index (χ4n) is 1.56. The molecule has 0 amide bonds. The lowest BCUT2D eigenvalue weighted by Crippen LogP contribution is -2.34. The van der Waals surface area contributed by atoms with Crippen LogP contribution >= 0.6 is 11.6 Å². The number of hydrogen-bond acceptors (Lipinski definition) is 1. The van der Waals surface area contributed by atoms with Crippen molar-refractivity contribution in [2.45, 2.75) is 39.7 Å².